The van der Waals surface area contributed by atoms with Gasteiger partial charge in [0, 0.05) is 5.41 Å². The molecule has 1 heterocycles. The van der Waals surface area contributed by atoms with E-state index in [1.807, 2.05) is 0 Å². The van der Waals surface area contributed by atoms with Gasteiger partial charge in [0.1, 0.15) is 0 Å². The molecule has 1 aliphatic heterocycles. The number of epoxide rings is 1. The Morgan fingerprint density at radius 2 is 2.08 bits per heavy atom. The van der Waals surface area contributed by atoms with E-state index >= 15 is 0 Å². The summed E-state index contributed by atoms with van der Waals surface area (Å²) in [7, 11) is 1.63. The molecule has 0 aliphatic carbocycles. The van der Waals surface area contributed by atoms with Crippen molar-refractivity contribution in [3.63, 3.8) is 0 Å². The van der Waals surface area contributed by atoms with Crippen molar-refractivity contribution in [2.45, 2.75) is 26.4 Å². The summed E-state index contributed by atoms with van der Waals surface area (Å²) in [4.78, 5) is 0. The van der Waals surface area contributed by atoms with Crippen molar-refractivity contribution in [2.75, 3.05) is 13.7 Å². The highest BCUT2D eigenvalue weighted by Gasteiger charge is 2.58. The maximum atomic E-state index is 5.44. The molecule has 1 unspecified atom stereocenters. The molecule has 1 aliphatic rings. The predicted octanol–water partition coefficient (Wildman–Crippen LogP) is 2.12. The molecule has 68 valence electrons. The molecule has 0 bridgehead atoms. The standard InChI is InChI=1S/C10H16O2/c1-6-8(11-5)10(7-12-10)9(2,3)4/h1,7H2,2-5H3. The molecule has 12 heavy (non-hydrogen) atoms. The second-order valence-corrected chi connectivity index (χ2v) is 4.08. The molecular weight excluding hydrogens is 152 g/mol. The van der Waals surface area contributed by atoms with Crippen LogP contribution >= 0.6 is 0 Å². The number of hydrogen-bond donors (Lipinski definition) is 0. The monoisotopic (exact) mass is 168 g/mol. The summed E-state index contributed by atoms with van der Waals surface area (Å²) in [6.45, 7) is 10.7. The van der Waals surface area contributed by atoms with Gasteiger partial charge in [0.2, 0.25) is 0 Å². The maximum absolute atomic E-state index is 5.44. The van der Waals surface area contributed by atoms with Crippen molar-refractivity contribution < 1.29 is 9.47 Å². The lowest BCUT2D eigenvalue weighted by Gasteiger charge is -2.27. The Morgan fingerprint density at radius 3 is 2.17 bits per heavy atom. The number of hydrogen-bond acceptors (Lipinski definition) is 2. The highest BCUT2D eigenvalue weighted by Crippen LogP contribution is 2.49. The van der Waals surface area contributed by atoms with Crippen LogP contribution < -0.4 is 0 Å². The van der Waals surface area contributed by atoms with Crippen molar-refractivity contribution in [1.29, 1.82) is 0 Å². The van der Waals surface area contributed by atoms with E-state index in [-0.39, 0.29) is 11.0 Å². The minimum Gasteiger partial charge on any atom is -0.490 e. The van der Waals surface area contributed by atoms with E-state index in [9.17, 15) is 0 Å². The summed E-state index contributed by atoms with van der Waals surface area (Å²) < 4.78 is 10.6. The van der Waals surface area contributed by atoms with Gasteiger partial charge in [0.25, 0.3) is 0 Å². The zero-order valence-electron chi connectivity index (χ0n) is 8.23. The average Bonchev–Trinajstić information content (AvgIpc) is 2.69. The molecule has 0 spiro atoms. The molecule has 1 rings (SSSR count). The second-order valence-electron chi connectivity index (χ2n) is 4.08. The lowest BCUT2D eigenvalue weighted by molar-refractivity contribution is 0.116. The van der Waals surface area contributed by atoms with Gasteiger partial charge in [-0.2, -0.15) is 0 Å². The van der Waals surface area contributed by atoms with E-state index < -0.39 is 0 Å². The predicted molar refractivity (Wildman–Crippen MR) is 47.8 cm³/mol. The fourth-order valence-corrected chi connectivity index (χ4v) is 1.36. The van der Waals surface area contributed by atoms with Gasteiger partial charge in [-0.25, -0.2) is 0 Å². The van der Waals surface area contributed by atoms with E-state index in [0.29, 0.717) is 6.61 Å². The van der Waals surface area contributed by atoms with Crippen LogP contribution in [0.15, 0.2) is 18.1 Å². The molecule has 1 fully saturated rings. The largest absolute Gasteiger partial charge is 0.490 e. The van der Waals surface area contributed by atoms with Gasteiger partial charge in [-0.15, -0.1) is 0 Å². The zero-order valence-corrected chi connectivity index (χ0v) is 8.23. The molecule has 0 aromatic heterocycles. The van der Waals surface area contributed by atoms with Crippen LogP contribution in [0.2, 0.25) is 0 Å². The van der Waals surface area contributed by atoms with Crippen LogP contribution in [0, 0.1) is 5.41 Å². The van der Waals surface area contributed by atoms with Crippen LogP contribution in [0.25, 0.3) is 0 Å². The Hall–Kier alpha value is -0.720. The van der Waals surface area contributed by atoms with E-state index in [1.165, 1.54) is 0 Å². The summed E-state index contributed by atoms with van der Waals surface area (Å²) in [5, 5.41) is 0. The summed E-state index contributed by atoms with van der Waals surface area (Å²) in [6.07, 6.45) is 0. The van der Waals surface area contributed by atoms with Crippen LogP contribution in [-0.2, 0) is 9.47 Å². The fraction of sp³-hybridized carbons (Fsp3) is 0.700. The average molecular weight is 168 g/mol. The molecule has 1 atom stereocenters. The van der Waals surface area contributed by atoms with E-state index in [2.05, 4.69) is 33.1 Å². The molecule has 0 radical (unpaired) electrons. The van der Waals surface area contributed by atoms with Crippen molar-refractivity contribution >= 4 is 0 Å². The molecule has 2 nitrogen and oxygen atoms in total. The van der Waals surface area contributed by atoms with E-state index in [1.54, 1.807) is 7.11 Å². The minimum absolute atomic E-state index is 0.0447. The summed E-state index contributed by atoms with van der Waals surface area (Å²) in [5.74, 6) is 0.718. The lowest BCUT2D eigenvalue weighted by atomic mass is 9.79. The Kier molecular flexibility index (Phi) is 2.07. The van der Waals surface area contributed by atoms with Gasteiger partial charge in [-0.1, -0.05) is 33.1 Å². The van der Waals surface area contributed by atoms with Crippen molar-refractivity contribution in [3.8, 4) is 0 Å². The number of ether oxygens (including phenoxy) is 2. The van der Waals surface area contributed by atoms with E-state index in [0.717, 1.165) is 5.76 Å². The first-order valence-corrected chi connectivity index (χ1v) is 4.06. The molecule has 0 N–H and O–H groups in total. The first-order chi connectivity index (χ1) is 5.48. The van der Waals surface area contributed by atoms with Gasteiger partial charge in [0.05, 0.1) is 13.7 Å². The number of methoxy groups -OCH3 is 1. The first-order valence-electron chi connectivity index (χ1n) is 4.06. The van der Waals surface area contributed by atoms with Crippen molar-refractivity contribution in [1.82, 2.24) is 0 Å². The number of rotatable bonds is 2. The topological polar surface area (TPSA) is 21.8 Å². The van der Waals surface area contributed by atoms with Crippen LogP contribution in [-0.4, -0.2) is 19.3 Å². The van der Waals surface area contributed by atoms with Crippen LogP contribution in [0.3, 0.4) is 0 Å². The fourth-order valence-electron chi connectivity index (χ4n) is 1.36. The SMILES string of the molecule is C=C=C(OC)C1(C(C)(C)C)CO1. The molecule has 0 saturated carbocycles. The van der Waals surface area contributed by atoms with Crippen LogP contribution in [0.5, 0.6) is 0 Å². The highest BCUT2D eigenvalue weighted by molar-refractivity contribution is 5.21. The van der Waals surface area contributed by atoms with Crippen LogP contribution in [0.4, 0.5) is 0 Å². The van der Waals surface area contributed by atoms with Crippen molar-refractivity contribution in [2.24, 2.45) is 5.41 Å². The van der Waals surface area contributed by atoms with Crippen molar-refractivity contribution in [3.05, 3.63) is 18.1 Å². The van der Waals surface area contributed by atoms with E-state index in [4.69, 9.17) is 9.47 Å². The summed E-state index contributed by atoms with van der Waals surface area (Å²) >= 11 is 0. The van der Waals surface area contributed by atoms with Gasteiger partial charge in [-0.05, 0) is 0 Å². The molecule has 0 amide bonds. The Labute approximate surface area is 73.9 Å². The molecule has 0 aromatic rings. The second kappa shape index (κ2) is 2.65. The molecule has 1 saturated heterocycles. The third kappa shape index (κ3) is 1.17. The Balaban J connectivity index is 2.94. The van der Waals surface area contributed by atoms with Gasteiger partial charge in [-0.3, -0.25) is 0 Å². The quantitative estimate of drug-likeness (QED) is 0.358. The third-order valence-corrected chi connectivity index (χ3v) is 2.38. The lowest BCUT2D eigenvalue weighted by Crippen LogP contribution is -2.32. The summed E-state index contributed by atoms with van der Waals surface area (Å²) in [5.41, 5.74) is 2.55. The summed E-state index contributed by atoms with van der Waals surface area (Å²) in [6, 6.07) is 0. The van der Waals surface area contributed by atoms with Gasteiger partial charge < -0.3 is 9.47 Å². The smallest absolute Gasteiger partial charge is 0.172 e. The first kappa shape index (κ1) is 9.37. The molecular formula is C10H16O2. The van der Waals surface area contributed by atoms with Gasteiger partial charge >= 0.3 is 0 Å². The van der Waals surface area contributed by atoms with Gasteiger partial charge in [0.15, 0.2) is 11.4 Å². The molecule has 0 aromatic carbocycles. The maximum Gasteiger partial charge on any atom is 0.172 e. The third-order valence-electron chi connectivity index (χ3n) is 2.38. The minimum atomic E-state index is -0.274. The zero-order chi connectivity index (χ0) is 9.41. The molecule has 2 heteroatoms. The normalized spacial score (nSPS) is 27.7. The Bertz CT molecular complexity index is 225. The van der Waals surface area contributed by atoms with Crippen LogP contribution in [0.1, 0.15) is 20.8 Å². The Morgan fingerprint density at radius 1 is 1.58 bits per heavy atom. The highest BCUT2D eigenvalue weighted by atomic mass is 16.6.